The van der Waals surface area contributed by atoms with Gasteiger partial charge in [0.15, 0.2) is 5.69 Å². The number of likely N-dealkylation sites (N-methyl/N-ethyl adjacent to an activating group) is 1. The van der Waals surface area contributed by atoms with Gasteiger partial charge in [0.1, 0.15) is 5.82 Å². The summed E-state index contributed by atoms with van der Waals surface area (Å²) >= 11 is 12.3. The molecule has 1 saturated heterocycles. The van der Waals surface area contributed by atoms with E-state index < -0.39 is 17.6 Å². The third-order valence-corrected chi connectivity index (χ3v) is 7.06. The molecule has 4 rings (SSSR count). The van der Waals surface area contributed by atoms with Crippen molar-refractivity contribution >= 4 is 29.1 Å². The van der Waals surface area contributed by atoms with E-state index in [1.165, 1.54) is 25.6 Å². The molecular weight excluding hydrogens is 535 g/mol. The first-order valence-electron chi connectivity index (χ1n) is 11.1. The molecule has 1 aliphatic heterocycles. The van der Waals surface area contributed by atoms with Crippen LogP contribution in [0, 0.1) is 5.82 Å². The summed E-state index contributed by atoms with van der Waals surface area (Å²) in [5, 5.41) is 0.738. The van der Waals surface area contributed by atoms with Gasteiger partial charge < -0.3 is 9.64 Å². The number of nitrogens with zero attached hydrogens (tertiary/aromatic N) is 4. The largest absolute Gasteiger partial charge is 0.480 e. The highest BCUT2D eigenvalue weighted by Crippen LogP contribution is 2.36. The van der Waals surface area contributed by atoms with Gasteiger partial charge in [-0.2, -0.15) is 13.2 Å². The summed E-state index contributed by atoms with van der Waals surface area (Å²) in [6.07, 6.45) is -2.04. The minimum atomic E-state index is -4.78. The Morgan fingerprint density at radius 2 is 1.89 bits per heavy atom. The Labute approximate surface area is 220 Å². The predicted molar refractivity (Wildman–Crippen MR) is 130 cm³/mol. The van der Waals surface area contributed by atoms with Crippen LogP contribution in [0.15, 0.2) is 48.8 Å². The lowest BCUT2D eigenvalue weighted by Crippen LogP contribution is -2.38. The quantitative estimate of drug-likeness (QED) is 0.365. The van der Waals surface area contributed by atoms with Crippen LogP contribution in [0.25, 0.3) is 0 Å². The lowest BCUT2D eigenvalue weighted by atomic mass is 9.93. The highest BCUT2D eigenvalue weighted by Gasteiger charge is 2.40. The molecule has 0 saturated carbocycles. The van der Waals surface area contributed by atoms with Crippen LogP contribution in [-0.2, 0) is 12.7 Å². The Hall–Kier alpha value is -2.95. The van der Waals surface area contributed by atoms with Crippen LogP contribution >= 0.6 is 23.2 Å². The Bertz CT molecular complexity index is 1310. The summed E-state index contributed by atoms with van der Waals surface area (Å²) < 4.78 is 58.1. The number of hydrogen-bond donors (Lipinski definition) is 0. The van der Waals surface area contributed by atoms with Crippen molar-refractivity contribution < 1.29 is 27.1 Å². The number of carbonyl (C=O) groups is 1. The van der Waals surface area contributed by atoms with Crippen molar-refractivity contribution in [2.45, 2.75) is 24.7 Å². The Balaban J connectivity index is 1.61. The first kappa shape index (κ1) is 27.1. The zero-order valence-electron chi connectivity index (χ0n) is 19.8. The fourth-order valence-corrected chi connectivity index (χ4v) is 4.78. The van der Waals surface area contributed by atoms with Gasteiger partial charge in [0.05, 0.1) is 35.1 Å². The van der Waals surface area contributed by atoms with Gasteiger partial charge in [-0.15, -0.1) is 0 Å². The van der Waals surface area contributed by atoms with Crippen molar-refractivity contribution in [1.29, 1.82) is 0 Å². The molecule has 6 nitrogen and oxygen atoms in total. The zero-order chi connectivity index (χ0) is 26.9. The van der Waals surface area contributed by atoms with Crippen molar-refractivity contribution in [2.24, 2.45) is 0 Å². The number of benzene rings is 2. The molecule has 1 fully saturated rings. The van der Waals surface area contributed by atoms with E-state index >= 15 is 0 Å². The van der Waals surface area contributed by atoms with Crippen LogP contribution in [-0.4, -0.2) is 59.0 Å². The van der Waals surface area contributed by atoms with E-state index in [0.29, 0.717) is 22.2 Å². The average molecular weight is 557 g/mol. The Morgan fingerprint density at radius 3 is 2.54 bits per heavy atom. The van der Waals surface area contributed by atoms with Crippen LogP contribution < -0.4 is 4.74 Å². The number of alkyl halides is 3. The van der Waals surface area contributed by atoms with Crippen LogP contribution in [0.2, 0.25) is 10.0 Å². The molecular formula is C25H22Cl2F4N4O2. The number of halogens is 6. The maximum atomic E-state index is 14.2. The fraction of sp³-hybridized carbons (Fsp3) is 0.320. The van der Waals surface area contributed by atoms with E-state index in [2.05, 4.69) is 9.97 Å². The van der Waals surface area contributed by atoms with E-state index in [-0.39, 0.29) is 42.5 Å². The number of aromatic nitrogens is 2. The second-order valence-corrected chi connectivity index (χ2v) is 9.55. The average Bonchev–Trinajstić information content (AvgIpc) is 3.30. The molecule has 196 valence electrons. The molecule has 3 aromatic rings. The van der Waals surface area contributed by atoms with Crippen molar-refractivity contribution in [3.8, 4) is 5.88 Å². The number of likely N-dealkylation sites (tertiary alicyclic amines) is 1. The molecule has 2 aromatic carbocycles. The van der Waals surface area contributed by atoms with Crippen LogP contribution in [0.3, 0.4) is 0 Å². The van der Waals surface area contributed by atoms with E-state index in [1.54, 1.807) is 24.1 Å². The Kier molecular flexibility index (Phi) is 7.91. The molecule has 0 bridgehead atoms. The normalized spacial score (nSPS) is 17.9. The maximum absolute atomic E-state index is 14.2. The minimum Gasteiger partial charge on any atom is -0.480 e. The summed E-state index contributed by atoms with van der Waals surface area (Å²) in [4.78, 5) is 24.9. The zero-order valence-corrected chi connectivity index (χ0v) is 21.3. The smallest absolute Gasteiger partial charge is 0.419 e. The lowest BCUT2D eigenvalue weighted by molar-refractivity contribution is -0.140. The van der Waals surface area contributed by atoms with E-state index in [1.807, 2.05) is 11.0 Å². The summed E-state index contributed by atoms with van der Waals surface area (Å²) in [6.45, 7) is 0.743. The number of methoxy groups -OCH3 is 1. The molecule has 1 amide bonds. The van der Waals surface area contributed by atoms with Crippen molar-refractivity contribution in [3.63, 3.8) is 0 Å². The summed E-state index contributed by atoms with van der Waals surface area (Å²) in [5.41, 5.74) is -0.00817. The molecule has 0 unspecified atom stereocenters. The third kappa shape index (κ3) is 5.97. The van der Waals surface area contributed by atoms with Gasteiger partial charge in [-0.3, -0.25) is 14.7 Å². The maximum Gasteiger partial charge on any atom is 0.419 e. The van der Waals surface area contributed by atoms with E-state index in [0.717, 1.165) is 17.7 Å². The molecule has 12 heteroatoms. The topological polar surface area (TPSA) is 58.6 Å². The molecule has 0 aliphatic carbocycles. The fourth-order valence-electron chi connectivity index (χ4n) is 4.47. The third-order valence-electron chi connectivity index (χ3n) is 6.33. The second kappa shape index (κ2) is 10.8. The molecule has 0 radical (unpaired) electrons. The molecule has 1 aromatic heterocycles. The summed E-state index contributed by atoms with van der Waals surface area (Å²) in [6, 6.07) is 7.81. The standard InChI is InChI=1S/C25H22Cl2F4N4O2/c1-34(11-14-3-5-17(20(28)7-14)25(29,30)31)22-13-35(24(36)21-9-32-10-23(33-21)37-2)12-16(22)15-4-6-18(26)19(27)8-15/h3-10,16,22H,11-13H2,1-2H3/t16-,22-/m1/s1. The van der Waals surface area contributed by atoms with Gasteiger partial charge in [-0.25, -0.2) is 9.37 Å². The molecule has 2 atom stereocenters. The monoisotopic (exact) mass is 556 g/mol. The van der Waals surface area contributed by atoms with Crippen LogP contribution in [0.4, 0.5) is 17.6 Å². The van der Waals surface area contributed by atoms with Gasteiger partial charge >= 0.3 is 6.18 Å². The molecule has 0 spiro atoms. The highest BCUT2D eigenvalue weighted by molar-refractivity contribution is 6.42. The molecule has 2 heterocycles. The van der Waals surface area contributed by atoms with Crippen LogP contribution in [0.1, 0.15) is 33.1 Å². The van der Waals surface area contributed by atoms with Gasteiger partial charge in [0, 0.05) is 31.6 Å². The first-order valence-corrected chi connectivity index (χ1v) is 11.9. The molecule has 37 heavy (non-hydrogen) atoms. The number of ether oxygens (including phenoxy) is 1. The van der Waals surface area contributed by atoms with Gasteiger partial charge in [-0.05, 0) is 42.4 Å². The minimum absolute atomic E-state index is 0.111. The summed E-state index contributed by atoms with van der Waals surface area (Å²) in [7, 11) is 3.19. The second-order valence-electron chi connectivity index (χ2n) is 8.73. The summed E-state index contributed by atoms with van der Waals surface area (Å²) in [5.74, 6) is -1.71. The van der Waals surface area contributed by atoms with Crippen molar-refractivity contribution in [1.82, 2.24) is 19.8 Å². The number of hydrogen-bond acceptors (Lipinski definition) is 5. The van der Waals surface area contributed by atoms with Gasteiger partial charge in [0.25, 0.3) is 5.91 Å². The first-order chi connectivity index (χ1) is 17.5. The highest BCUT2D eigenvalue weighted by atomic mass is 35.5. The van der Waals surface area contributed by atoms with Crippen molar-refractivity contribution in [3.05, 3.63) is 87.0 Å². The van der Waals surface area contributed by atoms with Crippen molar-refractivity contribution in [2.75, 3.05) is 27.2 Å². The predicted octanol–water partition coefficient (Wildman–Crippen LogP) is 5.69. The number of carbonyl (C=O) groups excluding carboxylic acids is 1. The number of rotatable bonds is 6. The van der Waals surface area contributed by atoms with Crippen LogP contribution in [0.5, 0.6) is 5.88 Å². The number of amides is 1. The van der Waals surface area contributed by atoms with E-state index in [9.17, 15) is 22.4 Å². The van der Waals surface area contributed by atoms with Gasteiger partial charge in [0.2, 0.25) is 5.88 Å². The van der Waals surface area contributed by atoms with Gasteiger partial charge in [-0.1, -0.05) is 35.3 Å². The Morgan fingerprint density at radius 1 is 1.14 bits per heavy atom. The molecule has 0 N–H and O–H groups in total. The lowest BCUT2D eigenvalue weighted by Gasteiger charge is -2.29. The molecule has 1 aliphatic rings. The SMILES string of the molecule is COc1cncc(C(=O)N2C[C@H](c3ccc(Cl)c(Cl)c3)[C@H](N(C)Cc3ccc(C(F)(F)F)c(F)c3)C2)n1. The van der Waals surface area contributed by atoms with E-state index in [4.69, 9.17) is 27.9 Å².